The molecule has 0 aromatic rings. The van der Waals surface area contributed by atoms with Gasteiger partial charge in [0.25, 0.3) is 44.0 Å². The Morgan fingerprint density at radius 3 is 0.669 bits per heavy atom. The van der Waals surface area contributed by atoms with Crippen LogP contribution in [0.4, 0.5) is 0 Å². The molecule has 2 aliphatic rings. The van der Waals surface area contributed by atoms with Crippen LogP contribution >= 0.6 is 97.2 Å². The van der Waals surface area contributed by atoms with Gasteiger partial charge in [-0.3, -0.25) is 75.1 Å². The zero-order valence-electron chi connectivity index (χ0n) is 80.2. The number of hydrogen-bond acceptors (Lipinski definition) is 52. The van der Waals surface area contributed by atoms with Gasteiger partial charge in [0.15, 0.2) is 0 Å². The average molecular weight is 2190 g/mol. The molecule has 0 aromatic carbocycles. The number of carbonyl (C=O) groups is 12. The van der Waals surface area contributed by atoms with E-state index in [1.807, 2.05) is 0 Å². The summed E-state index contributed by atoms with van der Waals surface area (Å²) in [5, 5.41) is 41.1. The molecule has 2 fully saturated rings. The Balaban J connectivity index is -0.000000192. The van der Waals surface area contributed by atoms with Crippen LogP contribution in [0.1, 0.15) is 176 Å². The van der Waals surface area contributed by atoms with Crippen LogP contribution in [0.5, 0.6) is 0 Å². The van der Waals surface area contributed by atoms with Crippen LogP contribution in [0.3, 0.4) is 0 Å². The van der Waals surface area contributed by atoms with Crippen molar-refractivity contribution >= 4 is 166 Å². The molecule has 0 aliphatic carbocycles. The second kappa shape index (κ2) is 75.2. The van der Waals surface area contributed by atoms with Crippen molar-refractivity contribution in [3.63, 3.8) is 0 Å². The molecule has 0 radical (unpaired) electrons. The van der Waals surface area contributed by atoms with Crippen molar-refractivity contribution in [2.45, 2.75) is 196 Å². The molecule has 2 aliphatic heterocycles. The standard InChI is InChI=1S/C13H23NO11P2.3C10H22O8P2.C8H15O5P.C6H9ClO2.C4H5NO3.C3H9O3P.C2H7O3P.Na.H2O/c1-21-26(19,22-2)13(18,27(20,23-3)24-4)9-5-6-12(17)25-14-10(15)7-8-11(14)16;3*1-9(11)7-6-8-10(12,19(13,15-2)16-3)20(14,17-4)18-5;1-7(9)5-4-6-8(10)14(11,12-2)13-3;1-5(8)3-2-4-6(7)9;6-3-1-2-4(7)5(3)8;1-4-7(5-2)6-3;1-4-6(3)5-2;;/h18H,5-9H2,1-4H3;3*12H,6-8H2,1-5H3;4-6H2,1-3H3;2-4H2,1H3;8H,1-2H2;1-3H3;3H,1-2H3;;1H2/q;;;;;;;;;+1;/p-1. The van der Waals surface area contributed by atoms with Crippen LogP contribution < -0.4 is 29.6 Å². The van der Waals surface area contributed by atoms with Crippen molar-refractivity contribution in [1.82, 2.24) is 10.1 Å². The summed E-state index contributed by atoms with van der Waals surface area (Å²) in [6.45, 7) is 7.06. The second-order valence-corrected chi connectivity index (χ2v) is 51.8. The minimum absolute atomic E-state index is 0. The van der Waals surface area contributed by atoms with E-state index in [4.69, 9.17) is 94.1 Å². The van der Waals surface area contributed by atoms with Gasteiger partial charge in [0, 0.05) is 266 Å². The van der Waals surface area contributed by atoms with E-state index in [0.717, 1.165) is 128 Å². The molecular weight excluding hydrogens is 2050 g/mol. The van der Waals surface area contributed by atoms with Gasteiger partial charge in [-0.1, -0.05) is 0 Å². The third-order valence-corrected chi connectivity index (χ3v) is 42.8. The maximum atomic E-state index is 12.7. The van der Waals surface area contributed by atoms with Crippen molar-refractivity contribution in [1.29, 1.82) is 0 Å². The Morgan fingerprint density at radius 1 is 0.323 bits per heavy atom. The van der Waals surface area contributed by atoms with Crippen LogP contribution in [0, 0.1) is 0 Å². The molecule has 784 valence electrons. The van der Waals surface area contributed by atoms with Crippen LogP contribution in [-0.2, 0) is 208 Å². The van der Waals surface area contributed by atoms with Gasteiger partial charge < -0.3 is 164 Å². The maximum Gasteiger partial charge on any atom is 1.00 e. The minimum Gasteiger partial charge on any atom is -0.870 e. The number of amides is 4. The molecule has 2 saturated heterocycles. The second-order valence-electron chi connectivity index (χ2n) is 25.3. The van der Waals surface area contributed by atoms with Gasteiger partial charge in [-0.15, -0.1) is 5.06 Å². The first-order valence-corrected chi connectivity index (χ1v) is 54.1. The first-order chi connectivity index (χ1) is 60.5. The Bertz CT molecular complexity index is 3540. The predicted molar refractivity (Wildman–Crippen MR) is 470 cm³/mol. The smallest absolute Gasteiger partial charge is 0.870 e. The summed E-state index contributed by atoms with van der Waals surface area (Å²) in [5.41, 5.74) is -0.580. The van der Waals surface area contributed by atoms with E-state index >= 15 is 0 Å². The summed E-state index contributed by atoms with van der Waals surface area (Å²) in [6, 6.07) is 0. The predicted octanol–water partition coefficient (Wildman–Crippen LogP) is 9.74. The molecular formula is C66H135ClN2NaO52P11. The zero-order chi connectivity index (χ0) is 104. The van der Waals surface area contributed by atoms with Crippen molar-refractivity contribution in [2.24, 2.45) is 0 Å². The number of imide groups is 2. The molecule has 0 atom stereocenters. The number of aliphatic hydroxyl groups is 4. The SMILES string of the molecule is CC(=O)CCCC(=O)Cl.COP(=O)(OC)C(=O)CCCC(C)=O.COP(=O)(OC)C(O)(CCCC(=O)ON1C(=O)CCC1=O)P(=O)(OC)OC.COP(=O)(OC)C(O)(CCCC(C)=O)P(=O)(OC)OC.COP(=O)(OC)C(O)(CCCC(C)=O)P(=O)(OC)OC.COP(=O)(OC)C(O)(CCCC(C)=O)P(=O)(OC)OC.COP(O)OC.COP(OC)OC.O=C1CCC(=O)N1O.[Na+].[OH-]. The number of halogens is 1. The molecule has 0 bridgehead atoms. The van der Waals surface area contributed by atoms with Gasteiger partial charge in [0.2, 0.25) is 10.8 Å². The largest absolute Gasteiger partial charge is 1.00 e. The average Bonchev–Trinajstić information content (AvgIpc) is 1.04. The summed E-state index contributed by atoms with van der Waals surface area (Å²) >= 11 is 5.01. The number of carbonyl (C=O) groups excluding carboxylic acids is 12. The third kappa shape index (κ3) is 48.6. The van der Waals surface area contributed by atoms with Crippen LogP contribution in [0.2, 0.25) is 0 Å². The summed E-state index contributed by atoms with van der Waals surface area (Å²) < 4.78 is 219. The maximum absolute atomic E-state index is 12.7. The van der Waals surface area contributed by atoms with Crippen molar-refractivity contribution in [3.8, 4) is 0 Å². The molecule has 4 amide bonds. The summed E-state index contributed by atoms with van der Waals surface area (Å²) in [7, 11) is -13.9. The molecule has 0 unspecified atom stereocenters. The number of Topliss-reactive ketones (excluding diaryl/α,β-unsaturated/α-hetero) is 5. The molecule has 2 heterocycles. The first-order valence-electron chi connectivity index (χ1n) is 37.6. The van der Waals surface area contributed by atoms with Crippen molar-refractivity contribution < 1.29 is 273 Å². The van der Waals surface area contributed by atoms with E-state index in [9.17, 15) is 119 Å². The van der Waals surface area contributed by atoms with E-state index in [0.29, 0.717) is 37.2 Å². The first kappa shape index (κ1) is 149. The Kier molecular flexibility index (Phi) is 84.4. The Morgan fingerprint density at radius 2 is 0.519 bits per heavy atom. The summed E-state index contributed by atoms with van der Waals surface area (Å²) in [5.74, 6) is -3.51. The fourth-order valence-electron chi connectivity index (χ4n) is 9.87. The normalized spacial score (nSPS) is 13.4. The molecule has 67 heteroatoms. The Labute approximate surface area is 804 Å². The molecule has 2 rings (SSSR count). The summed E-state index contributed by atoms with van der Waals surface area (Å²) in [6.07, 6.45) is 0.890. The van der Waals surface area contributed by atoms with Crippen LogP contribution in [0.25, 0.3) is 0 Å². The van der Waals surface area contributed by atoms with E-state index in [1.54, 1.807) is 21.3 Å². The third-order valence-electron chi connectivity index (χ3n) is 17.0. The fraction of sp³-hybridized carbons (Fsp3) is 0.818. The molecule has 133 heavy (non-hydrogen) atoms. The van der Waals surface area contributed by atoms with Crippen LogP contribution in [0.15, 0.2) is 0 Å². The van der Waals surface area contributed by atoms with Gasteiger partial charge in [-0.2, -0.15) is 5.06 Å². The summed E-state index contributed by atoms with van der Waals surface area (Å²) in [4.78, 5) is 143. The van der Waals surface area contributed by atoms with Gasteiger partial charge in [-0.05, 0) is 84.7 Å². The van der Waals surface area contributed by atoms with Gasteiger partial charge in [0.1, 0.15) is 28.9 Å². The number of hydrogen-bond donors (Lipinski definition) is 6. The quantitative estimate of drug-likeness (QED) is 0.0108. The monoisotopic (exact) mass is 2190 g/mol. The molecule has 7 N–H and O–H groups in total. The molecule has 0 aromatic heterocycles. The van der Waals surface area contributed by atoms with Gasteiger partial charge in [0.05, 0.1) is 0 Å². The molecule has 54 nitrogen and oxygen atoms in total. The van der Waals surface area contributed by atoms with Crippen molar-refractivity contribution in [3.05, 3.63) is 0 Å². The van der Waals surface area contributed by atoms with Gasteiger partial charge >= 0.3 is 121 Å². The number of nitrogens with zero attached hydrogens (tertiary/aromatic N) is 2. The molecule has 0 spiro atoms. The number of hydroxylamine groups is 4. The van der Waals surface area contributed by atoms with E-state index in [1.165, 1.54) is 48.8 Å². The van der Waals surface area contributed by atoms with E-state index < -0.39 is 154 Å². The van der Waals surface area contributed by atoms with Gasteiger partial charge in [-0.25, -0.2) is 4.79 Å². The minimum atomic E-state index is -4.39. The molecule has 0 saturated carbocycles. The zero-order valence-corrected chi connectivity index (χ0v) is 92.8. The van der Waals surface area contributed by atoms with E-state index in [2.05, 4.69) is 36.5 Å². The number of rotatable bonds is 57. The van der Waals surface area contributed by atoms with Crippen LogP contribution in [-0.4, -0.2) is 299 Å². The number of ketones is 5. The topological polar surface area (TPSA) is 738 Å². The fourth-order valence-corrected chi connectivity index (χ4v) is 29.6. The Hall–Kier alpha value is -1.54. The van der Waals surface area contributed by atoms with E-state index in [-0.39, 0.29) is 171 Å². The van der Waals surface area contributed by atoms with Crippen molar-refractivity contribution in [2.75, 3.05) is 164 Å².